The number of piperazine rings is 1. The first-order valence-electron chi connectivity index (χ1n) is 15.2. The highest BCUT2D eigenvalue weighted by atomic mass is 32.1. The molecule has 0 spiro atoms. The maximum Gasteiger partial charge on any atom is 0.410 e. The summed E-state index contributed by atoms with van der Waals surface area (Å²) in [6.07, 6.45) is 8.33. The first kappa shape index (κ1) is 31.6. The van der Waals surface area contributed by atoms with Crippen LogP contribution in [-0.2, 0) is 9.47 Å². The smallest absolute Gasteiger partial charge is 0.410 e. The molecule has 1 saturated heterocycles. The van der Waals surface area contributed by atoms with Crippen LogP contribution in [0.4, 0.5) is 15.3 Å². The van der Waals surface area contributed by atoms with Crippen molar-refractivity contribution in [3.63, 3.8) is 0 Å². The second kappa shape index (κ2) is 12.6. The van der Waals surface area contributed by atoms with Crippen molar-refractivity contribution in [1.82, 2.24) is 30.1 Å². The molecule has 44 heavy (non-hydrogen) atoms. The van der Waals surface area contributed by atoms with Gasteiger partial charge in [0.1, 0.15) is 11.2 Å². The molecule has 1 aliphatic heterocycles. The molecule has 0 radical (unpaired) electrons. The third-order valence-corrected chi connectivity index (χ3v) is 8.49. The average molecular weight is 626 g/mol. The zero-order valence-electron chi connectivity index (χ0n) is 26.4. The number of carbonyl (C=O) groups excluding carboxylic acids is 3. The third kappa shape index (κ3) is 7.79. The zero-order valence-corrected chi connectivity index (χ0v) is 27.2. The standard InChI is InChI=1S/C31H43N7O5S/c1-30(2,3)42-28(40)35-24-10-8-7-9-23(24)34-27(39)25-15-20(19-44-25)22-17-33-38-18-21(16-32-26(22)38)36-11-13-37(14-12-36)29(41)43-31(4,5)6/h15-19,23-24H,7-14H2,1-6H3,(H,34,39)(H,35,40). The van der Waals surface area contributed by atoms with Gasteiger partial charge < -0.3 is 29.9 Å². The van der Waals surface area contributed by atoms with Gasteiger partial charge in [-0.2, -0.15) is 5.10 Å². The zero-order chi connectivity index (χ0) is 31.6. The quantitative estimate of drug-likeness (QED) is 0.402. The number of nitrogens with zero attached hydrogens (tertiary/aromatic N) is 5. The Balaban J connectivity index is 1.21. The fraction of sp³-hybridized carbons (Fsp3) is 0.581. The van der Waals surface area contributed by atoms with Crippen LogP contribution in [0, 0.1) is 0 Å². The van der Waals surface area contributed by atoms with Crippen molar-refractivity contribution in [1.29, 1.82) is 0 Å². The van der Waals surface area contributed by atoms with Gasteiger partial charge >= 0.3 is 12.2 Å². The second-order valence-electron chi connectivity index (χ2n) is 13.4. The van der Waals surface area contributed by atoms with Crippen LogP contribution >= 0.6 is 11.3 Å². The highest BCUT2D eigenvalue weighted by Gasteiger charge is 2.30. The van der Waals surface area contributed by atoms with Gasteiger partial charge in [-0.3, -0.25) is 4.79 Å². The normalized spacial score (nSPS) is 19.5. The van der Waals surface area contributed by atoms with Crippen molar-refractivity contribution < 1.29 is 23.9 Å². The molecule has 1 saturated carbocycles. The van der Waals surface area contributed by atoms with Gasteiger partial charge in [0.25, 0.3) is 5.91 Å². The van der Waals surface area contributed by atoms with Crippen LogP contribution in [0.3, 0.4) is 0 Å². The molecule has 2 unspecified atom stereocenters. The number of fused-ring (bicyclic) bond motifs is 1. The number of rotatable bonds is 5. The molecule has 12 nitrogen and oxygen atoms in total. The van der Waals surface area contributed by atoms with Crippen molar-refractivity contribution in [2.24, 2.45) is 0 Å². The maximum absolute atomic E-state index is 13.3. The number of anilines is 1. The molecular formula is C31H43N7O5S. The van der Waals surface area contributed by atoms with Crippen LogP contribution in [0.25, 0.3) is 16.8 Å². The summed E-state index contributed by atoms with van der Waals surface area (Å²) in [4.78, 5) is 47.3. The van der Waals surface area contributed by atoms with E-state index in [1.54, 1.807) is 15.6 Å². The van der Waals surface area contributed by atoms with Crippen molar-refractivity contribution in [2.75, 3.05) is 31.1 Å². The SMILES string of the molecule is CC(C)(C)OC(=O)NC1CCCCC1NC(=O)c1cc(-c2cnn3cc(N4CCN(C(=O)OC(C)(C)C)CC4)cnc23)cs1. The molecule has 2 N–H and O–H groups in total. The average Bonchev–Trinajstić information content (AvgIpc) is 3.59. The van der Waals surface area contributed by atoms with Gasteiger partial charge in [0, 0.05) is 37.8 Å². The molecule has 3 amide bonds. The summed E-state index contributed by atoms with van der Waals surface area (Å²) in [5.74, 6) is -0.165. The molecule has 3 aromatic heterocycles. The van der Waals surface area contributed by atoms with E-state index in [1.807, 2.05) is 65.4 Å². The predicted molar refractivity (Wildman–Crippen MR) is 169 cm³/mol. The molecule has 1 aliphatic carbocycles. The van der Waals surface area contributed by atoms with Gasteiger partial charge in [0.2, 0.25) is 0 Å². The molecule has 4 heterocycles. The van der Waals surface area contributed by atoms with Crippen LogP contribution in [0.15, 0.2) is 30.0 Å². The highest BCUT2D eigenvalue weighted by Crippen LogP contribution is 2.30. The lowest BCUT2D eigenvalue weighted by Gasteiger charge is -2.36. The fourth-order valence-corrected chi connectivity index (χ4v) is 6.29. The third-order valence-electron chi connectivity index (χ3n) is 7.56. The number of ether oxygens (including phenoxy) is 2. The number of alkyl carbamates (subject to hydrolysis) is 1. The summed E-state index contributed by atoms with van der Waals surface area (Å²) >= 11 is 1.37. The molecular weight excluding hydrogens is 582 g/mol. The van der Waals surface area contributed by atoms with Crippen molar-refractivity contribution >= 4 is 40.8 Å². The number of nitrogens with one attached hydrogen (secondary N) is 2. The summed E-state index contributed by atoms with van der Waals surface area (Å²) in [5.41, 5.74) is 2.21. The van der Waals surface area contributed by atoms with Crippen LogP contribution in [-0.4, -0.2) is 87.1 Å². The van der Waals surface area contributed by atoms with E-state index in [-0.39, 0.29) is 24.1 Å². The Morgan fingerprint density at radius 2 is 1.57 bits per heavy atom. The summed E-state index contributed by atoms with van der Waals surface area (Å²) in [6.45, 7) is 13.6. The predicted octanol–water partition coefficient (Wildman–Crippen LogP) is 5.08. The first-order chi connectivity index (χ1) is 20.8. The topological polar surface area (TPSA) is 130 Å². The number of aromatic nitrogens is 3. The number of hydrogen-bond acceptors (Lipinski definition) is 9. The largest absolute Gasteiger partial charge is 0.444 e. The van der Waals surface area contributed by atoms with Crippen molar-refractivity contribution in [3.8, 4) is 11.1 Å². The Morgan fingerprint density at radius 3 is 2.23 bits per heavy atom. The number of amides is 3. The van der Waals surface area contributed by atoms with Crippen LogP contribution in [0.5, 0.6) is 0 Å². The Labute approximate surface area is 262 Å². The second-order valence-corrected chi connectivity index (χ2v) is 14.3. The molecule has 2 fully saturated rings. The highest BCUT2D eigenvalue weighted by molar-refractivity contribution is 7.12. The van der Waals surface area contributed by atoms with E-state index in [0.717, 1.165) is 42.5 Å². The van der Waals surface area contributed by atoms with Gasteiger partial charge in [0.15, 0.2) is 5.65 Å². The number of carbonyl (C=O) groups is 3. The summed E-state index contributed by atoms with van der Waals surface area (Å²) in [5, 5.41) is 12.6. The molecule has 2 aliphatic rings. The van der Waals surface area contributed by atoms with E-state index in [2.05, 4.69) is 20.6 Å². The van der Waals surface area contributed by atoms with Gasteiger partial charge in [-0.25, -0.2) is 19.1 Å². The summed E-state index contributed by atoms with van der Waals surface area (Å²) < 4.78 is 12.7. The molecule has 0 bridgehead atoms. The van der Waals surface area contributed by atoms with E-state index in [1.165, 1.54) is 11.3 Å². The molecule has 0 aromatic carbocycles. The fourth-order valence-electron chi connectivity index (χ4n) is 5.48. The van der Waals surface area contributed by atoms with Crippen molar-refractivity contribution in [2.45, 2.75) is 90.5 Å². The van der Waals surface area contributed by atoms with Crippen LogP contribution in [0.2, 0.25) is 0 Å². The Bertz CT molecular complexity index is 1500. The van der Waals surface area contributed by atoms with Gasteiger partial charge in [-0.15, -0.1) is 11.3 Å². The van der Waals surface area contributed by atoms with E-state index >= 15 is 0 Å². The number of hydrogen-bond donors (Lipinski definition) is 2. The van der Waals surface area contributed by atoms with Gasteiger partial charge in [-0.1, -0.05) is 12.8 Å². The van der Waals surface area contributed by atoms with E-state index in [0.29, 0.717) is 36.7 Å². The monoisotopic (exact) mass is 625 g/mol. The lowest BCUT2D eigenvalue weighted by Crippen LogP contribution is -2.53. The van der Waals surface area contributed by atoms with Gasteiger partial charge in [-0.05, 0) is 71.4 Å². The molecule has 2 atom stereocenters. The van der Waals surface area contributed by atoms with E-state index in [9.17, 15) is 14.4 Å². The first-order valence-corrected chi connectivity index (χ1v) is 16.1. The minimum Gasteiger partial charge on any atom is -0.444 e. The van der Waals surface area contributed by atoms with E-state index < -0.39 is 17.3 Å². The van der Waals surface area contributed by atoms with E-state index in [4.69, 9.17) is 14.5 Å². The van der Waals surface area contributed by atoms with Crippen LogP contribution < -0.4 is 15.5 Å². The Hall–Kier alpha value is -3.87. The number of thiophene rings is 1. The van der Waals surface area contributed by atoms with Gasteiger partial charge in [0.05, 0.1) is 35.2 Å². The minimum absolute atomic E-state index is 0.165. The van der Waals surface area contributed by atoms with Crippen molar-refractivity contribution in [3.05, 3.63) is 34.9 Å². The maximum atomic E-state index is 13.3. The lowest BCUT2D eigenvalue weighted by atomic mass is 9.90. The Morgan fingerprint density at radius 1 is 0.909 bits per heavy atom. The summed E-state index contributed by atoms with van der Waals surface area (Å²) in [6, 6.07) is 1.51. The molecule has 3 aromatic rings. The minimum atomic E-state index is -0.585. The molecule has 13 heteroatoms. The molecule has 238 valence electrons. The summed E-state index contributed by atoms with van der Waals surface area (Å²) in [7, 11) is 0. The Kier molecular flexibility index (Phi) is 9.05. The van der Waals surface area contributed by atoms with Crippen LogP contribution in [0.1, 0.15) is 76.9 Å². The molecule has 5 rings (SSSR count). The lowest BCUT2D eigenvalue weighted by molar-refractivity contribution is 0.0240.